The maximum atomic E-state index is 12.5. The highest BCUT2D eigenvalue weighted by Gasteiger charge is 2.35. The second-order valence-corrected chi connectivity index (χ2v) is 8.30. The van der Waals surface area contributed by atoms with Gasteiger partial charge < -0.3 is 26.5 Å². The quantitative estimate of drug-likeness (QED) is 0.330. The minimum absolute atomic E-state index is 0.0209. The molecule has 2 rings (SSSR count). The van der Waals surface area contributed by atoms with Gasteiger partial charge in [-0.2, -0.15) is 0 Å². The Morgan fingerprint density at radius 2 is 1.93 bits per heavy atom. The highest BCUT2D eigenvalue weighted by Crippen LogP contribution is 2.24. The summed E-state index contributed by atoms with van der Waals surface area (Å²) < 4.78 is 0. The molecule has 6 N–H and O–H groups in total. The molecule has 3 atom stereocenters. The van der Waals surface area contributed by atoms with E-state index >= 15 is 0 Å². The number of piperidine rings is 1. The van der Waals surface area contributed by atoms with Gasteiger partial charge in [-0.25, -0.2) is 4.99 Å². The number of amides is 1. The number of likely N-dealkylation sites (tertiary alicyclic amines) is 1. The summed E-state index contributed by atoms with van der Waals surface area (Å²) in [4.78, 5) is 18.1. The Balaban J connectivity index is 2.03. The number of nitrogens with zero attached hydrogens (tertiary/aromatic N) is 2. The Bertz CT molecular complexity index is 596. The fraction of sp³-hybridized carbons (Fsp3) is 0.800. The molecule has 2 fully saturated rings. The lowest BCUT2D eigenvalue weighted by Gasteiger charge is -2.42. The number of carbonyl (C=O) groups is 1. The van der Waals surface area contributed by atoms with Crippen molar-refractivity contribution in [3.05, 3.63) is 0 Å². The molecular weight excluding hydrogens is 356 g/mol. The predicted molar refractivity (Wildman–Crippen MR) is 112 cm³/mol. The largest absolute Gasteiger partial charge is 0.396 e. The van der Waals surface area contributed by atoms with E-state index in [1.165, 1.54) is 32.1 Å². The highest BCUT2D eigenvalue weighted by molar-refractivity contribution is 6.08. The molecule has 1 amide bonds. The van der Waals surface area contributed by atoms with Crippen molar-refractivity contribution < 1.29 is 9.90 Å². The molecule has 0 aromatic rings. The van der Waals surface area contributed by atoms with Crippen LogP contribution in [0.1, 0.15) is 58.8 Å². The number of carbonyl (C=O) groups excluding carboxylic acids is 1. The molecule has 28 heavy (non-hydrogen) atoms. The molecule has 1 aliphatic carbocycles. The maximum absolute atomic E-state index is 12.5. The van der Waals surface area contributed by atoms with Gasteiger partial charge in [0.1, 0.15) is 11.8 Å². The number of rotatable bonds is 7. The number of aliphatic hydroxyl groups excluding tert-OH is 1. The van der Waals surface area contributed by atoms with E-state index in [1.54, 1.807) is 13.8 Å². The van der Waals surface area contributed by atoms with E-state index < -0.39 is 11.8 Å². The molecule has 8 heteroatoms. The van der Waals surface area contributed by atoms with E-state index in [-0.39, 0.29) is 36.7 Å². The van der Waals surface area contributed by atoms with Crippen molar-refractivity contribution in [3.63, 3.8) is 0 Å². The van der Waals surface area contributed by atoms with Gasteiger partial charge >= 0.3 is 0 Å². The Labute approximate surface area is 168 Å². The van der Waals surface area contributed by atoms with E-state index in [0.717, 1.165) is 6.42 Å². The van der Waals surface area contributed by atoms with Gasteiger partial charge in [-0.1, -0.05) is 19.3 Å². The lowest BCUT2D eigenvalue weighted by atomic mass is 9.88. The zero-order chi connectivity index (χ0) is 20.7. The van der Waals surface area contributed by atoms with Crippen molar-refractivity contribution >= 4 is 23.3 Å². The molecule has 0 aromatic carbocycles. The lowest BCUT2D eigenvalue weighted by molar-refractivity contribution is -0.119. The second kappa shape index (κ2) is 10.7. The van der Waals surface area contributed by atoms with Gasteiger partial charge in [-0.15, -0.1) is 0 Å². The average Bonchev–Trinajstić information content (AvgIpc) is 2.66. The first-order valence-corrected chi connectivity index (χ1v) is 10.4. The number of nitrogens with one attached hydrogen (secondary N) is 3. The van der Waals surface area contributed by atoms with Gasteiger partial charge in [0.05, 0.1) is 5.84 Å². The summed E-state index contributed by atoms with van der Waals surface area (Å²) in [5.74, 6) is -0.907. The lowest BCUT2D eigenvalue weighted by Crippen LogP contribution is -2.55. The zero-order valence-electron chi connectivity index (χ0n) is 17.2. The molecule has 8 nitrogen and oxygen atoms in total. The fourth-order valence-electron chi connectivity index (χ4n) is 4.31. The summed E-state index contributed by atoms with van der Waals surface area (Å²) in [5, 5.41) is 30.0. The van der Waals surface area contributed by atoms with Gasteiger partial charge in [0, 0.05) is 49.8 Å². The van der Waals surface area contributed by atoms with Crippen LogP contribution in [0, 0.1) is 22.7 Å². The van der Waals surface area contributed by atoms with Crippen LogP contribution in [0.5, 0.6) is 0 Å². The van der Waals surface area contributed by atoms with Crippen molar-refractivity contribution in [2.24, 2.45) is 22.6 Å². The van der Waals surface area contributed by atoms with E-state index in [1.807, 2.05) is 4.90 Å². The summed E-state index contributed by atoms with van der Waals surface area (Å²) in [5.41, 5.74) is 5.88. The normalized spacial score (nSPS) is 25.4. The van der Waals surface area contributed by atoms with Crippen molar-refractivity contribution in [1.82, 2.24) is 10.2 Å². The monoisotopic (exact) mass is 392 g/mol. The van der Waals surface area contributed by atoms with Crippen molar-refractivity contribution in [1.29, 1.82) is 10.8 Å². The Morgan fingerprint density at radius 1 is 1.25 bits per heavy atom. The molecule has 0 bridgehead atoms. The molecule has 1 saturated carbocycles. The zero-order valence-corrected chi connectivity index (χ0v) is 17.2. The summed E-state index contributed by atoms with van der Waals surface area (Å²) in [7, 11) is 0. The van der Waals surface area contributed by atoms with E-state index in [2.05, 4.69) is 10.3 Å². The van der Waals surface area contributed by atoms with Gasteiger partial charge in [-0.05, 0) is 33.1 Å². The molecule has 0 spiro atoms. The topological polar surface area (TPSA) is 139 Å². The third kappa shape index (κ3) is 6.38. The third-order valence-corrected chi connectivity index (χ3v) is 5.79. The van der Waals surface area contributed by atoms with Crippen LogP contribution < -0.4 is 11.1 Å². The Hall–Kier alpha value is -1.80. The van der Waals surface area contributed by atoms with Crippen molar-refractivity contribution in [2.45, 2.75) is 70.9 Å². The SMILES string of the molecule is CC(=N)CC(C(=N)N1CCC(NC2CCCCC2)C(CO)C1)C(=O)N=C(C)N. The molecule has 1 heterocycles. The van der Waals surface area contributed by atoms with Crippen LogP contribution in [0.4, 0.5) is 0 Å². The number of aliphatic hydroxyl groups is 1. The van der Waals surface area contributed by atoms with Crippen LogP contribution in [0.3, 0.4) is 0 Å². The fourth-order valence-corrected chi connectivity index (χ4v) is 4.31. The average molecular weight is 393 g/mol. The number of hydrogen-bond donors (Lipinski definition) is 5. The summed E-state index contributed by atoms with van der Waals surface area (Å²) in [6.07, 6.45) is 7.22. The van der Waals surface area contributed by atoms with Crippen molar-refractivity contribution in [2.75, 3.05) is 19.7 Å². The molecule has 1 saturated heterocycles. The van der Waals surface area contributed by atoms with Gasteiger partial charge in [0.15, 0.2) is 0 Å². The molecule has 0 radical (unpaired) electrons. The van der Waals surface area contributed by atoms with Crippen LogP contribution in [0.15, 0.2) is 4.99 Å². The molecule has 2 aliphatic rings. The van der Waals surface area contributed by atoms with Gasteiger partial charge in [0.25, 0.3) is 5.91 Å². The van der Waals surface area contributed by atoms with E-state index in [0.29, 0.717) is 24.8 Å². The summed E-state index contributed by atoms with van der Waals surface area (Å²) >= 11 is 0. The first-order chi connectivity index (χ1) is 13.3. The summed E-state index contributed by atoms with van der Waals surface area (Å²) in [6, 6.07) is 0.760. The minimum Gasteiger partial charge on any atom is -0.396 e. The minimum atomic E-state index is -0.793. The van der Waals surface area contributed by atoms with Crippen LogP contribution in [-0.4, -0.2) is 65.1 Å². The van der Waals surface area contributed by atoms with Crippen molar-refractivity contribution in [3.8, 4) is 0 Å². The van der Waals surface area contributed by atoms with Crippen LogP contribution in [0.2, 0.25) is 0 Å². The number of amidine groups is 2. The summed E-state index contributed by atoms with van der Waals surface area (Å²) in [6.45, 7) is 4.41. The molecule has 1 aliphatic heterocycles. The number of nitrogens with two attached hydrogens (primary N) is 1. The number of aliphatic imine (C=N–C) groups is 1. The first kappa shape index (κ1) is 22.5. The predicted octanol–water partition coefficient (Wildman–Crippen LogP) is 1.52. The van der Waals surface area contributed by atoms with Gasteiger partial charge in [0.2, 0.25) is 0 Å². The van der Waals surface area contributed by atoms with Crippen LogP contribution in [-0.2, 0) is 4.79 Å². The molecule has 158 valence electrons. The Morgan fingerprint density at radius 3 is 2.50 bits per heavy atom. The standard InChI is InChI=1S/C20H36N6O2/c1-13(21)10-17(20(28)24-14(2)22)19(23)26-9-8-18(15(11-26)12-27)25-16-6-4-3-5-7-16/h15-18,21,23,25,27H,3-12H2,1-2H3,(H2,22,24,28). The third-order valence-electron chi connectivity index (χ3n) is 5.79. The van der Waals surface area contributed by atoms with E-state index in [4.69, 9.17) is 16.6 Å². The first-order valence-electron chi connectivity index (χ1n) is 10.4. The van der Waals surface area contributed by atoms with Crippen LogP contribution in [0.25, 0.3) is 0 Å². The van der Waals surface area contributed by atoms with Crippen LogP contribution >= 0.6 is 0 Å². The molecule has 3 unspecified atom stereocenters. The highest BCUT2D eigenvalue weighted by atomic mass is 16.3. The molecular formula is C20H36N6O2. The number of hydrogen-bond acceptors (Lipinski definition) is 5. The second-order valence-electron chi connectivity index (χ2n) is 8.30. The van der Waals surface area contributed by atoms with Gasteiger partial charge in [-0.3, -0.25) is 10.2 Å². The van der Waals surface area contributed by atoms with E-state index in [9.17, 15) is 9.90 Å². The maximum Gasteiger partial charge on any atom is 0.258 e. The molecule has 0 aromatic heterocycles. The Kier molecular flexibility index (Phi) is 8.57. The smallest absolute Gasteiger partial charge is 0.258 e.